The number of aliphatic imine (C=N–C) groups is 1. The zero-order valence-electron chi connectivity index (χ0n) is 11.2. The van der Waals surface area contributed by atoms with Crippen molar-refractivity contribution < 1.29 is 4.74 Å². The molecule has 2 aliphatic heterocycles. The molecule has 0 amide bonds. The number of hydrogen-bond donors (Lipinski definition) is 2. The van der Waals surface area contributed by atoms with Crippen molar-refractivity contribution in [3.8, 4) is 0 Å². The molecular weight excluding hydrogens is 240 g/mol. The molecule has 0 radical (unpaired) electrons. The molecule has 3 unspecified atom stereocenters. The molecule has 0 aliphatic carbocycles. The van der Waals surface area contributed by atoms with Crippen LogP contribution in [-0.2, 0) is 4.74 Å². The van der Waals surface area contributed by atoms with Crippen molar-refractivity contribution in [3.63, 3.8) is 0 Å². The Hall–Kier alpha value is -1.62. The lowest BCUT2D eigenvalue weighted by molar-refractivity contribution is 0.0706. The third kappa shape index (κ3) is 2.56. The van der Waals surface area contributed by atoms with Gasteiger partial charge in [-0.25, -0.2) is 4.98 Å². The molecule has 1 aromatic heterocycles. The summed E-state index contributed by atoms with van der Waals surface area (Å²) in [7, 11) is 0. The molecule has 3 heterocycles. The first-order valence-corrected chi connectivity index (χ1v) is 6.79. The van der Waals surface area contributed by atoms with Crippen molar-refractivity contribution in [2.75, 3.05) is 11.9 Å². The van der Waals surface area contributed by atoms with Crippen LogP contribution in [0.3, 0.4) is 0 Å². The van der Waals surface area contributed by atoms with Gasteiger partial charge in [0, 0.05) is 11.6 Å². The molecule has 3 atom stereocenters. The van der Waals surface area contributed by atoms with Crippen LogP contribution in [0, 0.1) is 5.41 Å². The van der Waals surface area contributed by atoms with Crippen LogP contribution in [0.5, 0.6) is 0 Å². The van der Waals surface area contributed by atoms with Gasteiger partial charge < -0.3 is 15.8 Å². The highest BCUT2D eigenvalue weighted by Crippen LogP contribution is 2.47. The van der Waals surface area contributed by atoms with Crippen LogP contribution in [0.1, 0.15) is 26.2 Å². The van der Waals surface area contributed by atoms with Crippen molar-refractivity contribution in [2.24, 2.45) is 16.1 Å². The number of anilines is 1. The van der Waals surface area contributed by atoms with Crippen LogP contribution in [-0.4, -0.2) is 29.7 Å². The fourth-order valence-corrected chi connectivity index (χ4v) is 3.06. The number of pyridine rings is 1. The SMILES string of the molecule is CC1(CN=C(N)Nc2ccccn2)CC2CCC1O2. The number of rotatable bonds is 3. The van der Waals surface area contributed by atoms with Gasteiger partial charge in [0.05, 0.1) is 18.8 Å². The van der Waals surface area contributed by atoms with Gasteiger partial charge in [-0.05, 0) is 31.4 Å². The standard InChI is InChI=1S/C14H20N4O/c1-14(8-10-5-6-11(14)19-10)9-17-13(15)18-12-4-2-3-7-16-12/h2-4,7,10-11H,5-6,8-9H2,1H3,(H3,15,16,17,18). The highest BCUT2D eigenvalue weighted by Gasteiger charge is 2.49. The zero-order chi connectivity index (χ0) is 13.3. The molecule has 102 valence electrons. The maximum Gasteiger partial charge on any atom is 0.194 e. The van der Waals surface area contributed by atoms with Gasteiger partial charge in [0.1, 0.15) is 5.82 Å². The Kier molecular flexibility index (Phi) is 3.14. The Morgan fingerprint density at radius 1 is 1.58 bits per heavy atom. The number of nitrogens with two attached hydrogens (primary N) is 1. The monoisotopic (exact) mass is 260 g/mol. The molecule has 0 spiro atoms. The number of hydrogen-bond acceptors (Lipinski definition) is 3. The number of fused-ring (bicyclic) bond motifs is 2. The molecule has 19 heavy (non-hydrogen) atoms. The predicted octanol–water partition coefficient (Wildman–Crippen LogP) is 1.77. The van der Waals surface area contributed by atoms with Crippen LogP contribution in [0.4, 0.5) is 5.82 Å². The van der Waals surface area contributed by atoms with Crippen LogP contribution in [0.25, 0.3) is 0 Å². The molecule has 2 saturated heterocycles. The van der Waals surface area contributed by atoms with Gasteiger partial charge in [-0.3, -0.25) is 4.99 Å². The molecule has 0 saturated carbocycles. The normalized spacial score (nSPS) is 33.6. The summed E-state index contributed by atoms with van der Waals surface area (Å²) < 4.78 is 5.90. The number of aromatic nitrogens is 1. The van der Waals surface area contributed by atoms with Crippen LogP contribution in [0.2, 0.25) is 0 Å². The summed E-state index contributed by atoms with van der Waals surface area (Å²) in [6, 6.07) is 5.64. The van der Waals surface area contributed by atoms with Gasteiger partial charge in [0.15, 0.2) is 5.96 Å². The van der Waals surface area contributed by atoms with E-state index < -0.39 is 0 Å². The van der Waals surface area contributed by atoms with E-state index in [2.05, 4.69) is 22.2 Å². The fraction of sp³-hybridized carbons (Fsp3) is 0.571. The molecule has 0 aromatic carbocycles. The molecule has 5 heteroatoms. The Balaban J connectivity index is 1.60. The first-order chi connectivity index (χ1) is 9.16. The van der Waals surface area contributed by atoms with E-state index in [4.69, 9.17) is 10.5 Å². The summed E-state index contributed by atoms with van der Waals surface area (Å²) in [5.74, 6) is 1.14. The average Bonchev–Trinajstić information content (AvgIpc) is 2.98. The first kappa shape index (κ1) is 12.4. The molecule has 2 bridgehead atoms. The third-order valence-electron chi connectivity index (χ3n) is 4.11. The number of nitrogens with zero attached hydrogens (tertiary/aromatic N) is 2. The predicted molar refractivity (Wildman–Crippen MR) is 75.0 cm³/mol. The van der Waals surface area contributed by atoms with E-state index in [0.717, 1.165) is 18.7 Å². The van der Waals surface area contributed by atoms with E-state index in [1.807, 2.05) is 18.2 Å². The maximum atomic E-state index is 5.90. The second kappa shape index (κ2) is 4.81. The van der Waals surface area contributed by atoms with Crippen molar-refractivity contribution in [1.29, 1.82) is 0 Å². The summed E-state index contributed by atoms with van der Waals surface area (Å²) in [5.41, 5.74) is 6.04. The average molecular weight is 260 g/mol. The van der Waals surface area contributed by atoms with Gasteiger partial charge in [0.25, 0.3) is 0 Å². The highest BCUT2D eigenvalue weighted by atomic mass is 16.5. The molecule has 5 nitrogen and oxygen atoms in total. The maximum absolute atomic E-state index is 5.90. The molecule has 2 aliphatic rings. The summed E-state index contributed by atoms with van der Waals surface area (Å²) >= 11 is 0. The van der Waals surface area contributed by atoms with Gasteiger partial charge >= 0.3 is 0 Å². The molecule has 1 aromatic rings. The summed E-state index contributed by atoms with van der Waals surface area (Å²) in [4.78, 5) is 8.61. The molecule has 3 N–H and O–H groups in total. The Morgan fingerprint density at radius 2 is 2.47 bits per heavy atom. The quantitative estimate of drug-likeness (QED) is 0.641. The van der Waals surface area contributed by atoms with Crippen LogP contribution >= 0.6 is 0 Å². The van der Waals surface area contributed by atoms with E-state index >= 15 is 0 Å². The minimum atomic E-state index is 0.138. The smallest absolute Gasteiger partial charge is 0.194 e. The second-order valence-electron chi connectivity index (χ2n) is 5.72. The summed E-state index contributed by atoms with van der Waals surface area (Å²) in [6.45, 7) is 2.95. The molecule has 2 fully saturated rings. The fourth-order valence-electron chi connectivity index (χ4n) is 3.06. The number of nitrogens with one attached hydrogen (secondary N) is 1. The van der Waals surface area contributed by atoms with Crippen molar-refractivity contribution >= 4 is 11.8 Å². The lowest BCUT2D eigenvalue weighted by Crippen LogP contribution is -2.34. The van der Waals surface area contributed by atoms with Crippen LogP contribution in [0.15, 0.2) is 29.4 Å². The third-order valence-corrected chi connectivity index (χ3v) is 4.11. The van der Waals surface area contributed by atoms with Gasteiger partial charge in [-0.15, -0.1) is 0 Å². The van der Waals surface area contributed by atoms with Crippen molar-refractivity contribution in [2.45, 2.75) is 38.4 Å². The first-order valence-electron chi connectivity index (χ1n) is 6.79. The highest BCUT2D eigenvalue weighted by molar-refractivity contribution is 5.91. The van der Waals surface area contributed by atoms with E-state index in [9.17, 15) is 0 Å². The van der Waals surface area contributed by atoms with Gasteiger partial charge in [-0.2, -0.15) is 0 Å². The van der Waals surface area contributed by atoms with Crippen molar-refractivity contribution in [3.05, 3.63) is 24.4 Å². The van der Waals surface area contributed by atoms with Crippen LogP contribution < -0.4 is 11.1 Å². The van der Waals surface area contributed by atoms with Gasteiger partial charge in [-0.1, -0.05) is 13.0 Å². The molecular formula is C14H20N4O. The van der Waals surface area contributed by atoms with Gasteiger partial charge in [0.2, 0.25) is 0 Å². The second-order valence-corrected chi connectivity index (χ2v) is 5.72. The van der Waals surface area contributed by atoms with E-state index in [1.54, 1.807) is 6.20 Å². The molecule has 3 rings (SSSR count). The number of ether oxygens (including phenoxy) is 1. The summed E-state index contributed by atoms with van der Waals surface area (Å²) in [6.07, 6.45) is 5.97. The number of guanidine groups is 1. The van der Waals surface area contributed by atoms with E-state index in [0.29, 0.717) is 24.7 Å². The van der Waals surface area contributed by atoms with E-state index in [1.165, 1.54) is 6.42 Å². The topological polar surface area (TPSA) is 72.5 Å². The minimum Gasteiger partial charge on any atom is -0.374 e. The minimum absolute atomic E-state index is 0.138. The Morgan fingerprint density at radius 3 is 3.11 bits per heavy atom. The Labute approximate surface area is 113 Å². The summed E-state index contributed by atoms with van der Waals surface area (Å²) in [5, 5.41) is 3.00. The Bertz CT molecular complexity index is 476. The largest absolute Gasteiger partial charge is 0.374 e. The zero-order valence-corrected chi connectivity index (χ0v) is 11.2. The van der Waals surface area contributed by atoms with Crippen molar-refractivity contribution in [1.82, 2.24) is 4.98 Å². The lowest BCUT2D eigenvalue weighted by atomic mass is 9.76. The van der Waals surface area contributed by atoms with E-state index in [-0.39, 0.29) is 5.41 Å². The lowest BCUT2D eigenvalue weighted by Gasteiger charge is -2.29.